The van der Waals surface area contributed by atoms with Gasteiger partial charge in [-0.05, 0) is 42.0 Å². The van der Waals surface area contributed by atoms with Crippen molar-refractivity contribution >= 4 is 27.8 Å². The van der Waals surface area contributed by atoms with Crippen molar-refractivity contribution < 1.29 is 9.18 Å². The summed E-state index contributed by atoms with van der Waals surface area (Å²) in [6.45, 7) is 0.627. The van der Waals surface area contributed by atoms with E-state index < -0.39 is 6.04 Å². The maximum Gasteiger partial charge on any atom is 0.261 e. The lowest BCUT2D eigenvalue weighted by Gasteiger charge is -2.20. The lowest BCUT2D eigenvalue weighted by molar-refractivity contribution is -0.122. The van der Waals surface area contributed by atoms with E-state index in [-0.39, 0.29) is 30.2 Å². The average molecular weight is 455 g/mol. The van der Waals surface area contributed by atoms with E-state index in [0.29, 0.717) is 17.4 Å². The van der Waals surface area contributed by atoms with Gasteiger partial charge in [0, 0.05) is 19.5 Å². The number of carbonyl (C=O) groups is 1. The highest BCUT2D eigenvalue weighted by Gasteiger charge is 2.17. The van der Waals surface area contributed by atoms with Gasteiger partial charge in [-0.3, -0.25) is 14.2 Å². The van der Waals surface area contributed by atoms with E-state index in [9.17, 15) is 14.0 Å². The molecule has 0 radical (unpaired) electrons. The molecule has 0 saturated carbocycles. The van der Waals surface area contributed by atoms with Gasteiger partial charge in [0.05, 0.1) is 40.6 Å². The van der Waals surface area contributed by atoms with Crippen LogP contribution in [0.1, 0.15) is 18.0 Å². The zero-order chi connectivity index (χ0) is 23.5. The number of imidazole rings is 1. The van der Waals surface area contributed by atoms with E-state index in [1.54, 1.807) is 36.7 Å². The fourth-order valence-corrected chi connectivity index (χ4v) is 4.04. The number of amides is 1. The Morgan fingerprint density at radius 1 is 0.882 bits per heavy atom. The normalized spacial score (nSPS) is 12.1. The first kappa shape index (κ1) is 21.5. The van der Waals surface area contributed by atoms with Crippen molar-refractivity contribution in [1.29, 1.82) is 0 Å². The molecule has 5 aromatic rings. The van der Waals surface area contributed by atoms with Crippen LogP contribution >= 0.6 is 0 Å². The number of nitrogens with one attached hydrogen (secondary N) is 1. The minimum atomic E-state index is -0.405. The van der Waals surface area contributed by atoms with Crippen molar-refractivity contribution in [3.05, 3.63) is 107 Å². The van der Waals surface area contributed by atoms with Crippen molar-refractivity contribution in [2.24, 2.45) is 0 Å². The quantitative estimate of drug-likeness (QED) is 0.404. The number of rotatable bonds is 7. The van der Waals surface area contributed by atoms with E-state index in [4.69, 9.17) is 0 Å². The van der Waals surface area contributed by atoms with Crippen LogP contribution in [0.25, 0.3) is 21.9 Å². The molecular formula is C26H22FN5O2. The molecule has 0 saturated heterocycles. The van der Waals surface area contributed by atoms with Gasteiger partial charge >= 0.3 is 0 Å². The first-order valence-electron chi connectivity index (χ1n) is 11.0. The second-order valence-corrected chi connectivity index (χ2v) is 8.07. The largest absolute Gasteiger partial charge is 0.347 e. The van der Waals surface area contributed by atoms with Crippen LogP contribution in [-0.4, -0.2) is 25.0 Å². The number of aromatic nitrogens is 4. The third-order valence-electron chi connectivity index (χ3n) is 5.83. The summed E-state index contributed by atoms with van der Waals surface area (Å²) in [6.07, 6.45) is 3.29. The Balaban J connectivity index is 1.34. The molecule has 1 N–H and O–H groups in total. The number of hydrogen-bond donors (Lipinski definition) is 1. The van der Waals surface area contributed by atoms with Crippen LogP contribution in [0.2, 0.25) is 0 Å². The lowest BCUT2D eigenvalue weighted by atomic mass is 10.1. The molecule has 1 atom stereocenters. The number of hydrogen-bond acceptors (Lipinski definition) is 4. The van der Waals surface area contributed by atoms with E-state index in [0.717, 1.165) is 16.6 Å². The summed E-state index contributed by atoms with van der Waals surface area (Å²) in [4.78, 5) is 34.3. The number of benzene rings is 3. The summed E-state index contributed by atoms with van der Waals surface area (Å²) in [7, 11) is 0. The zero-order valence-electron chi connectivity index (χ0n) is 18.3. The molecule has 8 heteroatoms. The van der Waals surface area contributed by atoms with Crippen LogP contribution < -0.4 is 10.9 Å². The Labute approximate surface area is 194 Å². The fraction of sp³-hybridized carbons (Fsp3) is 0.154. The Morgan fingerprint density at radius 3 is 2.38 bits per heavy atom. The SMILES string of the molecule is O=C(CCn1cnc2ccccc2c1=O)NC(Cn1cnc2ccccc21)c1ccc(F)cc1. The van der Waals surface area contributed by atoms with Crippen molar-refractivity contribution in [1.82, 2.24) is 24.4 Å². The summed E-state index contributed by atoms with van der Waals surface area (Å²) in [6, 6.07) is 20.5. The molecule has 2 aromatic heterocycles. The summed E-state index contributed by atoms with van der Waals surface area (Å²) in [5.41, 5.74) is 3.01. The Morgan fingerprint density at radius 2 is 1.56 bits per heavy atom. The second kappa shape index (κ2) is 9.27. The Hall–Kier alpha value is -4.33. The third-order valence-corrected chi connectivity index (χ3v) is 5.83. The topological polar surface area (TPSA) is 81.8 Å². The minimum absolute atomic E-state index is 0.0995. The maximum absolute atomic E-state index is 13.5. The molecule has 170 valence electrons. The molecule has 0 aliphatic carbocycles. The van der Waals surface area contributed by atoms with Gasteiger partial charge < -0.3 is 9.88 Å². The van der Waals surface area contributed by atoms with Gasteiger partial charge in [-0.25, -0.2) is 14.4 Å². The third kappa shape index (κ3) is 4.43. The number of para-hydroxylation sites is 3. The molecule has 0 bridgehead atoms. The summed E-state index contributed by atoms with van der Waals surface area (Å²) in [5, 5.41) is 3.55. The first-order valence-corrected chi connectivity index (χ1v) is 11.0. The zero-order valence-corrected chi connectivity index (χ0v) is 18.3. The summed E-state index contributed by atoms with van der Waals surface area (Å²) in [5.74, 6) is -0.566. The van der Waals surface area contributed by atoms with Crippen LogP contribution in [0.15, 0.2) is 90.2 Å². The molecule has 2 heterocycles. The molecule has 1 amide bonds. The van der Waals surface area contributed by atoms with Crippen LogP contribution in [0.4, 0.5) is 4.39 Å². The van der Waals surface area contributed by atoms with Gasteiger partial charge in [0.1, 0.15) is 5.82 Å². The molecule has 0 aliphatic rings. The Bertz CT molecular complexity index is 1520. The van der Waals surface area contributed by atoms with Crippen molar-refractivity contribution in [2.45, 2.75) is 25.6 Å². The van der Waals surface area contributed by atoms with Gasteiger partial charge in [0.15, 0.2) is 0 Å². The van der Waals surface area contributed by atoms with Crippen molar-refractivity contribution in [3.8, 4) is 0 Å². The summed E-state index contributed by atoms with van der Waals surface area (Å²) >= 11 is 0. The first-order chi connectivity index (χ1) is 16.6. The molecule has 1 unspecified atom stereocenters. The monoisotopic (exact) mass is 455 g/mol. The Kier molecular flexibility index (Phi) is 5.86. The van der Waals surface area contributed by atoms with E-state index in [1.165, 1.54) is 23.0 Å². The average Bonchev–Trinajstić information content (AvgIpc) is 3.27. The number of fused-ring (bicyclic) bond motifs is 2. The van der Waals surface area contributed by atoms with Crippen LogP contribution in [0.3, 0.4) is 0 Å². The number of nitrogens with zero attached hydrogens (tertiary/aromatic N) is 4. The molecule has 0 aliphatic heterocycles. The van der Waals surface area contributed by atoms with E-state index in [2.05, 4.69) is 15.3 Å². The lowest BCUT2D eigenvalue weighted by Crippen LogP contribution is -2.33. The van der Waals surface area contributed by atoms with Crippen LogP contribution in [-0.2, 0) is 17.9 Å². The fourth-order valence-electron chi connectivity index (χ4n) is 4.04. The van der Waals surface area contributed by atoms with Crippen molar-refractivity contribution in [3.63, 3.8) is 0 Å². The second-order valence-electron chi connectivity index (χ2n) is 8.07. The molecular weight excluding hydrogens is 433 g/mol. The smallest absolute Gasteiger partial charge is 0.261 e. The van der Waals surface area contributed by atoms with E-state index in [1.807, 2.05) is 34.9 Å². The minimum Gasteiger partial charge on any atom is -0.347 e. The molecule has 34 heavy (non-hydrogen) atoms. The molecule has 0 fully saturated rings. The highest BCUT2D eigenvalue weighted by molar-refractivity contribution is 5.78. The number of halogens is 1. The van der Waals surface area contributed by atoms with Gasteiger partial charge in [0.25, 0.3) is 5.56 Å². The highest BCUT2D eigenvalue weighted by atomic mass is 19.1. The standard InChI is InChI=1S/C26H22FN5O2/c27-19-11-9-18(10-12-19)23(15-32-17-29-22-7-3-4-8-24(22)32)30-25(33)13-14-31-16-28-21-6-2-1-5-20(21)26(31)34/h1-12,16-17,23H,13-15H2,(H,30,33). The van der Waals surface area contributed by atoms with Gasteiger partial charge in [-0.15, -0.1) is 0 Å². The molecule has 7 nitrogen and oxygen atoms in total. The molecule has 3 aromatic carbocycles. The van der Waals surface area contributed by atoms with Gasteiger partial charge in [-0.1, -0.05) is 36.4 Å². The van der Waals surface area contributed by atoms with Crippen LogP contribution in [0, 0.1) is 5.82 Å². The van der Waals surface area contributed by atoms with Gasteiger partial charge in [0.2, 0.25) is 5.91 Å². The predicted molar refractivity (Wildman–Crippen MR) is 128 cm³/mol. The van der Waals surface area contributed by atoms with Crippen LogP contribution in [0.5, 0.6) is 0 Å². The number of carbonyl (C=O) groups excluding carboxylic acids is 1. The molecule has 5 rings (SSSR count). The van der Waals surface area contributed by atoms with Gasteiger partial charge in [-0.2, -0.15) is 0 Å². The van der Waals surface area contributed by atoms with Crippen molar-refractivity contribution in [2.75, 3.05) is 0 Å². The maximum atomic E-state index is 13.5. The van der Waals surface area contributed by atoms with E-state index >= 15 is 0 Å². The number of aryl methyl sites for hydroxylation is 1. The predicted octanol–water partition coefficient (Wildman–Crippen LogP) is 3.83. The highest BCUT2D eigenvalue weighted by Crippen LogP contribution is 2.20. The summed E-state index contributed by atoms with van der Waals surface area (Å²) < 4.78 is 16.9. The molecule has 0 spiro atoms.